The van der Waals surface area contributed by atoms with Gasteiger partial charge >= 0.3 is 0 Å². The SMILES string of the molecule is CC(C)c1noc(-c2ccccc2C(=O)Nc2ccc3c(c2)C(=O)N(C)C3=O)n1. The normalized spacial score (nSPS) is 13.2. The third kappa shape index (κ3) is 3.18. The van der Waals surface area contributed by atoms with Crippen molar-refractivity contribution in [1.29, 1.82) is 0 Å². The molecule has 29 heavy (non-hydrogen) atoms. The number of anilines is 1. The lowest BCUT2D eigenvalue weighted by Gasteiger charge is -2.08. The van der Waals surface area contributed by atoms with Gasteiger partial charge in [-0.25, -0.2) is 0 Å². The molecule has 4 rings (SSSR count). The van der Waals surface area contributed by atoms with E-state index in [9.17, 15) is 14.4 Å². The maximum absolute atomic E-state index is 12.9. The molecule has 2 heterocycles. The number of hydrogen-bond acceptors (Lipinski definition) is 6. The van der Waals surface area contributed by atoms with E-state index in [0.29, 0.717) is 28.2 Å². The number of nitrogens with one attached hydrogen (secondary N) is 1. The van der Waals surface area contributed by atoms with Gasteiger partial charge in [0.2, 0.25) is 0 Å². The van der Waals surface area contributed by atoms with Crippen molar-refractivity contribution in [3.63, 3.8) is 0 Å². The van der Waals surface area contributed by atoms with Gasteiger partial charge in [-0.3, -0.25) is 19.3 Å². The highest BCUT2D eigenvalue weighted by Gasteiger charge is 2.32. The number of aromatic nitrogens is 2. The van der Waals surface area contributed by atoms with Crippen LogP contribution in [0.3, 0.4) is 0 Å². The Morgan fingerprint density at radius 1 is 1.03 bits per heavy atom. The van der Waals surface area contributed by atoms with Gasteiger partial charge in [0.25, 0.3) is 23.6 Å². The van der Waals surface area contributed by atoms with Gasteiger partial charge in [0.1, 0.15) is 0 Å². The number of benzene rings is 2. The Balaban J connectivity index is 1.64. The fourth-order valence-corrected chi connectivity index (χ4v) is 3.08. The summed E-state index contributed by atoms with van der Waals surface area (Å²) in [6, 6.07) is 11.5. The molecule has 3 amide bonds. The topological polar surface area (TPSA) is 105 Å². The van der Waals surface area contributed by atoms with E-state index in [1.165, 1.54) is 19.2 Å². The zero-order valence-electron chi connectivity index (χ0n) is 16.1. The van der Waals surface area contributed by atoms with Crippen molar-refractivity contribution >= 4 is 23.4 Å². The Labute approximate surface area is 166 Å². The molecular formula is C21H18N4O4. The molecule has 146 valence electrons. The van der Waals surface area contributed by atoms with Gasteiger partial charge in [-0.2, -0.15) is 4.98 Å². The molecular weight excluding hydrogens is 372 g/mol. The van der Waals surface area contributed by atoms with Gasteiger partial charge in [-0.05, 0) is 30.3 Å². The van der Waals surface area contributed by atoms with Crippen LogP contribution in [0.4, 0.5) is 5.69 Å². The average Bonchev–Trinajstić information content (AvgIpc) is 3.29. The van der Waals surface area contributed by atoms with E-state index in [-0.39, 0.29) is 23.3 Å². The fourth-order valence-electron chi connectivity index (χ4n) is 3.08. The lowest BCUT2D eigenvalue weighted by Crippen LogP contribution is -2.24. The van der Waals surface area contributed by atoms with Crippen LogP contribution in [0.1, 0.15) is 56.7 Å². The molecule has 1 N–H and O–H groups in total. The lowest BCUT2D eigenvalue weighted by atomic mass is 10.1. The molecule has 0 saturated carbocycles. The summed E-state index contributed by atoms with van der Waals surface area (Å²) in [6.45, 7) is 3.90. The van der Waals surface area contributed by atoms with Crippen LogP contribution < -0.4 is 5.32 Å². The highest BCUT2D eigenvalue weighted by Crippen LogP contribution is 2.27. The molecule has 0 aliphatic carbocycles. The average molecular weight is 390 g/mol. The first-order valence-electron chi connectivity index (χ1n) is 9.07. The van der Waals surface area contributed by atoms with E-state index in [4.69, 9.17) is 4.52 Å². The summed E-state index contributed by atoms with van der Waals surface area (Å²) in [5.41, 5.74) is 1.86. The smallest absolute Gasteiger partial charge is 0.261 e. The number of rotatable bonds is 4. The van der Waals surface area contributed by atoms with Crippen molar-refractivity contribution in [2.24, 2.45) is 0 Å². The van der Waals surface area contributed by atoms with Crippen molar-refractivity contribution in [1.82, 2.24) is 15.0 Å². The first-order valence-corrected chi connectivity index (χ1v) is 9.07. The summed E-state index contributed by atoms with van der Waals surface area (Å²) < 4.78 is 5.32. The van der Waals surface area contributed by atoms with E-state index in [2.05, 4.69) is 15.5 Å². The van der Waals surface area contributed by atoms with E-state index in [1.807, 2.05) is 13.8 Å². The molecule has 1 aliphatic heterocycles. The van der Waals surface area contributed by atoms with Crippen molar-refractivity contribution in [3.05, 3.63) is 65.0 Å². The van der Waals surface area contributed by atoms with Gasteiger partial charge in [0, 0.05) is 18.7 Å². The number of carbonyl (C=O) groups excluding carboxylic acids is 3. The molecule has 0 fully saturated rings. The zero-order valence-corrected chi connectivity index (χ0v) is 16.1. The van der Waals surface area contributed by atoms with Crippen LogP contribution in [-0.4, -0.2) is 39.8 Å². The zero-order chi connectivity index (χ0) is 20.7. The molecule has 0 radical (unpaired) electrons. The summed E-state index contributed by atoms with van der Waals surface area (Å²) in [5.74, 6) is -0.232. The Morgan fingerprint density at radius 2 is 1.76 bits per heavy atom. The standard InChI is InChI=1S/C21H18N4O4/c1-11(2)17-23-19(29-24-17)14-7-5-4-6-13(14)18(26)22-12-8-9-15-16(10-12)21(28)25(3)20(15)27/h4-11H,1-3H3,(H,22,26). The van der Waals surface area contributed by atoms with E-state index < -0.39 is 11.8 Å². The van der Waals surface area contributed by atoms with Crippen LogP contribution in [0, 0.1) is 0 Å². The van der Waals surface area contributed by atoms with E-state index in [0.717, 1.165) is 4.90 Å². The maximum atomic E-state index is 12.9. The second-order valence-electron chi connectivity index (χ2n) is 7.04. The molecule has 3 aromatic rings. The molecule has 1 aliphatic rings. The van der Waals surface area contributed by atoms with Crippen molar-refractivity contribution in [2.45, 2.75) is 19.8 Å². The summed E-state index contributed by atoms with van der Waals surface area (Å²) in [4.78, 5) is 42.5. The predicted octanol–water partition coefficient (Wildman–Crippen LogP) is 3.34. The number of fused-ring (bicyclic) bond motifs is 1. The van der Waals surface area contributed by atoms with Crippen LogP contribution in [0.5, 0.6) is 0 Å². The Kier molecular flexibility index (Phi) is 4.46. The highest BCUT2D eigenvalue weighted by molar-refractivity contribution is 6.21. The quantitative estimate of drug-likeness (QED) is 0.685. The summed E-state index contributed by atoms with van der Waals surface area (Å²) in [7, 11) is 1.43. The van der Waals surface area contributed by atoms with Gasteiger partial charge in [0.05, 0.1) is 22.3 Å². The van der Waals surface area contributed by atoms with Crippen LogP contribution in [0.25, 0.3) is 11.5 Å². The summed E-state index contributed by atoms with van der Waals surface area (Å²) in [5, 5.41) is 6.71. The highest BCUT2D eigenvalue weighted by atomic mass is 16.5. The molecule has 8 nitrogen and oxygen atoms in total. The number of hydrogen-bond donors (Lipinski definition) is 1. The minimum absolute atomic E-state index is 0.0956. The monoisotopic (exact) mass is 390 g/mol. The maximum Gasteiger partial charge on any atom is 0.261 e. The van der Waals surface area contributed by atoms with Crippen molar-refractivity contribution < 1.29 is 18.9 Å². The van der Waals surface area contributed by atoms with Gasteiger partial charge in [-0.1, -0.05) is 31.1 Å². The third-order valence-electron chi connectivity index (χ3n) is 4.71. The number of imide groups is 1. The Hall–Kier alpha value is -3.81. The van der Waals surface area contributed by atoms with Crippen LogP contribution >= 0.6 is 0 Å². The van der Waals surface area contributed by atoms with Gasteiger partial charge < -0.3 is 9.84 Å². The van der Waals surface area contributed by atoms with Crippen molar-refractivity contribution in [3.8, 4) is 11.5 Å². The molecule has 0 spiro atoms. The number of amides is 3. The molecule has 2 aromatic carbocycles. The van der Waals surface area contributed by atoms with E-state index in [1.54, 1.807) is 30.3 Å². The third-order valence-corrected chi connectivity index (χ3v) is 4.71. The second-order valence-corrected chi connectivity index (χ2v) is 7.04. The van der Waals surface area contributed by atoms with Crippen LogP contribution in [0.2, 0.25) is 0 Å². The predicted molar refractivity (Wildman–Crippen MR) is 105 cm³/mol. The van der Waals surface area contributed by atoms with Crippen LogP contribution in [-0.2, 0) is 0 Å². The minimum atomic E-state index is -0.395. The molecule has 1 aromatic heterocycles. The first-order chi connectivity index (χ1) is 13.9. The van der Waals surface area contributed by atoms with Gasteiger partial charge in [-0.15, -0.1) is 0 Å². The fraction of sp³-hybridized carbons (Fsp3) is 0.190. The lowest BCUT2D eigenvalue weighted by molar-refractivity contribution is 0.0692. The van der Waals surface area contributed by atoms with Gasteiger partial charge in [0.15, 0.2) is 5.82 Å². The molecule has 0 unspecified atom stereocenters. The summed E-state index contributed by atoms with van der Waals surface area (Å²) >= 11 is 0. The largest absolute Gasteiger partial charge is 0.334 e. The Morgan fingerprint density at radius 3 is 2.48 bits per heavy atom. The second kappa shape index (κ2) is 6.97. The number of nitrogens with zero attached hydrogens (tertiary/aromatic N) is 3. The van der Waals surface area contributed by atoms with E-state index >= 15 is 0 Å². The van der Waals surface area contributed by atoms with Crippen LogP contribution in [0.15, 0.2) is 47.0 Å². The minimum Gasteiger partial charge on any atom is -0.334 e. The molecule has 0 atom stereocenters. The first kappa shape index (κ1) is 18.5. The molecule has 0 bridgehead atoms. The molecule has 0 saturated heterocycles. The van der Waals surface area contributed by atoms with Crippen molar-refractivity contribution in [2.75, 3.05) is 12.4 Å². The summed E-state index contributed by atoms with van der Waals surface area (Å²) in [6.07, 6.45) is 0. The number of carbonyl (C=O) groups is 3. The molecule has 8 heteroatoms. The Bertz CT molecular complexity index is 1150.